The average Bonchev–Trinajstić information content (AvgIpc) is 2.90. The molecule has 0 bridgehead atoms. The van der Waals surface area contributed by atoms with Crippen molar-refractivity contribution < 1.29 is 13.7 Å². The summed E-state index contributed by atoms with van der Waals surface area (Å²) in [4.78, 5) is 13.5. The third-order valence-corrected chi connectivity index (χ3v) is 3.60. The number of carbonyl (C=O) groups excluding carboxylic acids is 1. The summed E-state index contributed by atoms with van der Waals surface area (Å²) in [5.74, 6) is 0.535. The van der Waals surface area contributed by atoms with Crippen molar-refractivity contribution in [2.75, 3.05) is 6.54 Å². The number of hydrogen-bond acceptors (Lipinski definition) is 3. The van der Waals surface area contributed by atoms with Crippen molar-refractivity contribution in [3.8, 4) is 11.3 Å². The van der Waals surface area contributed by atoms with Crippen molar-refractivity contribution in [1.82, 2.24) is 10.1 Å². The molecule has 1 aromatic carbocycles. The second kappa shape index (κ2) is 5.07. The highest BCUT2D eigenvalue weighted by atomic mass is 19.1. The van der Waals surface area contributed by atoms with Crippen molar-refractivity contribution in [3.05, 3.63) is 41.3 Å². The van der Waals surface area contributed by atoms with Crippen LogP contribution >= 0.6 is 0 Å². The van der Waals surface area contributed by atoms with Crippen LogP contribution in [0.2, 0.25) is 0 Å². The molecule has 1 aliphatic heterocycles. The molecule has 2 heterocycles. The highest BCUT2D eigenvalue weighted by Crippen LogP contribution is 2.30. The monoisotopic (exact) mass is 274 g/mol. The van der Waals surface area contributed by atoms with E-state index in [1.807, 2.05) is 6.92 Å². The molecule has 0 saturated heterocycles. The van der Waals surface area contributed by atoms with Gasteiger partial charge in [-0.05, 0) is 30.7 Å². The second-order valence-electron chi connectivity index (χ2n) is 4.86. The topological polar surface area (TPSA) is 46.3 Å². The fraction of sp³-hybridized carbons (Fsp3) is 0.333. The SMILES string of the molecule is CCC(=O)N1CCc2c(noc2-c2ccc(F)cc2)C1. The minimum absolute atomic E-state index is 0.127. The number of carbonyl (C=O) groups is 1. The van der Waals surface area contributed by atoms with Crippen LogP contribution in [-0.4, -0.2) is 22.5 Å². The molecular formula is C15H15FN2O2. The van der Waals surface area contributed by atoms with E-state index in [2.05, 4.69) is 5.16 Å². The van der Waals surface area contributed by atoms with Gasteiger partial charge in [-0.2, -0.15) is 0 Å². The predicted octanol–water partition coefficient (Wildman–Crippen LogP) is 2.78. The van der Waals surface area contributed by atoms with Gasteiger partial charge in [0.15, 0.2) is 5.76 Å². The molecule has 0 aliphatic carbocycles. The molecule has 0 spiro atoms. The normalized spacial score (nSPS) is 14.2. The van der Waals surface area contributed by atoms with Gasteiger partial charge in [0.2, 0.25) is 5.91 Å². The van der Waals surface area contributed by atoms with Gasteiger partial charge in [0.1, 0.15) is 11.5 Å². The lowest BCUT2D eigenvalue weighted by atomic mass is 10.0. The number of benzene rings is 1. The molecule has 1 amide bonds. The highest BCUT2D eigenvalue weighted by molar-refractivity contribution is 5.76. The van der Waals surface area contributed by atoms with E-state index in [4.69, 9.17) is 4.52 Å². The van der Waals surface area contributed by atoms with Crippen LogP contribution in [0.5, 0.6) is 0 Å². The summed E-state index contributed by atoms with van der Waals surface area (Å²) < 4.78 is 18.4. The Morgan fingerprint density at radius 2 is 2.15 bits per heavy atom. The van der Waals surface area contributed by atoms with Crippen LogP contribution in [0, 0.1) is 5.82 Å². The van der Waals surface area contributed by atoms with Gasteiger partial charge in [0.25, 0.3) is 0 Å². The maximum absolute atomic E-state index is 13.0. The molecule has 0 atom stereocenters. The summed E-state index contributed by atoms with van der Waals surface area (Å²) in [5.41, 5.74) is 2.64. The largest absolute Gasteiger partial charge is 0.356 e. The standard InChI is InChI=1S/C15H15FN2O2/c1-2-14(19)18-8-7-12-13(9-18)17-20-15(12)10-3-5-11(16)6-4-10/h3-6H,2,7-9H2,1H3. The summed E-state index contributed by atoms with van der Waals surface area (Å²) in [6, 6.07) is 6.17. The lowest BCUT2D eigenvalue weighted by Gasteiger charge is -2.25. The Hall–Kier alpha value is -2.17. The first-order chi connectivity index (χ1) is 9.69. The van der Waals surface area contributed by atoms with E-state index in [1.54, 1.807) is 17.0 Å². The molecule has 0 unspecified atom stereocenters. The van der Waals surface area contributed by atoms with Gasteiger partial charge >= 0.3 is 0 Å². The van der Waals surface area contributed by atoms with Gasteiger partial charge in [-0.25, -0.2) is 4.39 Å². The zero-order valence-electron chi connectivity index (χ0n) is 11.2. The minimum Gasteiger partial charge on any atom is -0.356 e. The summed E-state index contributed by atoms with van der Waals surface area (Å²) >= 11 is 0. The summed E-state index contributed by atoms with van der Waals surface area (Å²) in [5, 5.41) is 4.06. The summed E-state index contributed by atoms with van der Waals surface area (Å²) in [6.07, 6.45) is 1.22. The fourth-order valence-corrected chi connectivity index (χ4v) is 2.50. The molecule has 0 saturated carbocycles. The number of rotatable bonds is 2. The van der Waals surface area contributed by atoms with E-state index in [-0.39, 0.29) is 11.7 Å². The summed E-state index contributed by atoms with van der Waals surface area (Å²) in [7, 11) is 0. The maximum Gasteiger partial charge on any atom is 0.222 e. The van der Waals surface area contributed by atoms with Gasteiger partial charge < -0.3 is 9.42 Å². The fourth-order valence-electron chi connectivity index (χ4n) is 2.50. The molecule has 4 nitrogen and oxygen atoms in total. The first-order valence-corrected chi connectivity index (χ1v) is 6.70. The van der Waals surface area contributed by atoms with Crippen molar-refractivity contribution in [1.29, 1.82) is 0 Å². The van der Waals surface area contributed by atoms with E-state index < -0.39 is 0 Å². The van der Waals surface area contributed by atoms with E-state index in [0.29, 0.717) is 25.3 Å². The second-order valence-corrected chi connectivity index (χ2v) is 4.86. The molecule has 1 aromatic heterocycles. The molecule has 0 radical (unpaired) electrons. The average molecular weight is 274 g/mol. The third-order valence-electron chi connectivity index (χ3n) is 3.60. The molecule has 0 N–H and O–H groups in total. The van der Waals surface area contributed by atoms with Gasteiger partial charge in [-0.1, -0.05) is 12.1 Å². The Bertz CT molecular complexity index is 634. The van der Waals surface area contributed by atoms with Gasteiger partial charge in [-0.15, -0.1) is 0 Å². The van der Waals surface area contributed by atoms with Crippen molar-refractivity contribution in [2.24, 2.45) is 0 Å². The quantitative estimate of drug-likeness (QED) is 0.846. The summed E-state index contributed by atoms with van der Waals surface area (Å²) in [6.45, 7) is 3.02. The van der Waals surface area contributed by atoms with Crippen molar-refractivity contribution >= 4 is 5.91 Å². The molecule has 2 aromatic rings. The molecule has 0 fully saturated rings. The van der Waals surface area contributed by atoms with Crippen LogP contribution in [-0.2, 0) is 17.8 Å². The molecule has 3 rings (SSSR count). The van der Waals surface area contributed by atoms with Crippen LogP contribution in [0.25, 0.3) is 11.3 Å². The molecule has 5 heteroatoms. The van der Waals surface area contributed by atoms with Gasteiger partial charge in [-0.3, -0.25) is 4.79 Å². The van der Waals surface area contributed by atoms with E-state index in [9.17, 15) is 9.18 Å². The number of amides is 1. The van der Waals surface area contributed by atoms with E-state index >= 15 is 0 Å². The van der Waals surface area contributed by atoms with Crippen LogP contribution in [0.1, 0.15) is 24.6 Å². The smallest absolute Gasteiger partial charge is 0.222 e. The first kappa shape index (κ1) is 12.8. The molecule has 104 valence electrons. The highest BCUT2D eigenvalue weighted by Gasteiger charge is 2.26. The van der Waals surface area contributed by atoms with E-state index in [0.717, 1.165) is 23.2 Å². The number of halogens is 1. The third kappa shape index (κ3) is 2.19. The lowest BCUT2D eigenvalue weighted by Crippen LogP contribution is -2.35. The molecule has 1 aliphatic rings. The van der Waals surface area contributed by atoms with Crippen LogP contribution in [0.15, 0.2) is 28.8 Å². The lowest BCUT2D eigenvalue weighted by molar-refractivity contribution is -0.131. The Kier molecular flexibility index (Phi) is 3.26. The Labute approximate surface area is 116 Å². The number of fused-ring (bicyclic) bond motifs is 1. The molecule has 20 heavy (non-hydrogen) atoms. The predicted molar refractivity (Wildman–Crippen MR) is 71.3 cm³/mol. The van der Waals surface area contributed by atoms with Gasteiger partial charge in [0.05, 0.1) is 6.54 Å². The number of aromatic nitrogens is 1. The zero-order chi connectivity index (χ0) is 14.1. The van der Waals surface area contributed by atoms with Crippen molar-refractivity contribution in [3.63, 3.8) is 0 Å². The maximum atomic E-state index is 13.0. The van der Waals surface area contributed by atoms with Crippen molar-refractivity contribution in [2.45, 2.75) is 26.3 Å². The first-order valence-electron chi connectivity index (χ1n) is 6.70. The minimum atomic E-state index is -0.276. The van der Waals surface area contributed by atoms with Gasteiger partial charge in [0, 0.05) is 24.1 Å². The number of hydrogen-bond donors (Lipinski definition) is 0. The Balaban J connectivity index is 1.90. The molecular weight excluding hydrogens is 259 g/mol. The Morgan fingerprint density at radius 3 is 2.85 bits per heavy atom. The number of nitrogens with zero attached hydrogens (tertiary/aromatic N) is 2. The van der Waals surface area contributed by atoms with Crippen LogP contribution in [0.3, 0.4) is 0 Å². The van der Waals surface area contributed by atoms with Crippen LogP contribution < -0.4 is 0 Å². The zero-order valence-corrected chi connectivity index (χ0v) is 11.2. The Morgan fingerprint density at radius 1 is 1.40 bits per heavy atom. The van der Waals surface area contributed by atoms with E-state index in [1.165, 1.54) is 12.1 Å². The van der Waals surface area contributed by atoms with Crippen LogP contribution in [0.4, 0.5) is 4.39 Å².